The molecule has 0 spiro atoms. The molecule has 15 heavy (non-hydrogen) atoms. The van der Waals surface area contributed by atoms with Gasteiger partial charge in [0.2, 0.25) is 5.91 Å². The van der Waals surface area contributed by atoms with E-state index in [1.54, 1.807) is 0 Å². The van der Waals surface area contributed by atoms with E-state index < -0.39 is 0 Å². The largest absolute Gasteiger partial charge is 0.369 e. The summed E-state index contributed by atoms with van der Waals surface area (Å²) < 4.78 is 0. The number of aryl methyl sites for hydroxylation is 1. The molecule has 0 aromatic heterocycles. The molecule has 0 radical (unpaired) electrons. The Labute approximate surface area is 90.7 Å². The van der Waals surface area contributed by atoms with Crippen LogP contribution in [-0.2, 0) is 4.79 Å². The minimum absolute atomic E-state index is 0.207. The van der Waals surface area contributed by atoms with Crippen LogP contribution in [-0.4, -0.2) is 12.5 Å². The number of amides is 1. The van der Waals surface area contributed by atoms with Crippen LogP contribution in [0.15, 0.2) is 24.3 Å². The molecule has 82 valence electrons. The van der Waals surface area contributed by atoms with Crippen molar-refractivity contribution in [3.05, 3.63) is 35.4 Å². The molecule has 1 aromatic carbocycles. The normalized spacial score (nSPS) is 12.4. The summed E-state index contributed by atoms with van der Waals surface area (Å²) >= 11 is 0. The average molecular weight is 206 g/mol. The molecule has 3 N–H and O–H groups in total. The summed E-state index contributed by atoms with van der Waals surface area (Å²) in [7, 11) is 0. The molecule has 0 heterocycles. The number of primary amides is 1. The Kier molecular flexibility index (Phi) is 4.31. The van der Waals surface area contributed by atoms with E-state index in [4.69, 9.17) is 5.73 Å². The third kappa shape index (κ3) is 3.72. The molecule has 0 aliphatic rings. The van der Waals surface area contributed by atoms with Gasteiger partial charge in [-0.1, -0.05) is 36.8 Å². The quantitative estimate of drug-likeness (QED) is 0.767. The molecule has 3 heteroatoms. The Morgan fingerprint density at radius 3 is 2.47 bits per heavy atom. The van der Waals surface area contributed by atoms with Crippen molar-refractivity contribution in [3.63, 3.8) is 0 Å². The number of carbonyl (C=O) groups excluding carboxylic acids is 1. The van der Waals surface area contributed by atoms with Crippen LogP contribution in [0.4, 0.5) is 0 Å². The van der Waals surface area contributed by atoms with Gasteiger partial charge in [-0.3, -0.25) is 4.79 Å². The number of benzene rings is 1. The van der Waals surface area contributed by atoms with Crippen LogP contribution in [0, 0.1) is 6.92 Å². The Hall–Kier alpha value is -1.35. The van der Waals surface area contributed by atoms with Crippen LogP contribution in [0.25, 0.3) is 0 Å². The van der Waals surface area contributed by atoms with Crippen LogP contribution >= 0.6 is 0 Å². The van der Waals surface area contributed by atoms with E-state index in [1.807, 2.05) is 0 Å². The van der Waals surface area contributed by atoms with Gasteiger partial charge in [0.25, 0.3) is 0 Å². The van der Waals surface area contributed by atoms with Crippen molar-refractivity contribution in [2.75, 3.05) is 6.54 Å². The molecular weight excluding hydrogens is 188 g/mol. The van der Waals surface area contributed by atoms with Gasteiger partial charge < -0.3 is 11.1 Å². The molecule has 0 saturated carbocycles. The van der Waals surface area contributed by atoms with Gasteiger partial charge in [0.1, 0.15) is 0 Å². The molecule has 3 nitrogen and oxygen atoms in total. The first-order valence-corrected chi connectivity index (χ1v) is 5.21. The number of nitrogens with one attached hydrogen (secondary N) is 1. The van der Waals surface area contributed by atoms with Crippen LogP contribution in [0.5, 0.6) is 0 Å². The summed E-state index contributed by atoms with van der Waals surface area (Å²) in [5.41, 5.74) is 7.53. The minimum atomic E-state index is -0.319. The zero-order valence-corrected chi connectivity index (χ0v) is 9.29. The molecule has 0 bridgehead atoms. The Bertz CT molecular complexity index is 319. The standard InChI is InChI=1S/C12H18N2O/c1-3-11(14-8-12(13)15)10-6-4-9(2)5-7-10/h4-7,11,14H,3,8H2,1-2H3,(H2,13,15). The van der Waals surface area contributed by atoms with Gasteiger partial charge in [0, 0.05) is 6.04 Å². The molecule has 0 saturated heterocycles. The Morgan fingerprint density at radius 2 is 2.00 bits per heavy atom. The molecule has 0 aliphatic heterocycles. The highest BCUT2D eigenvalue weighted by molar-refractivity contribution is 5.75. The van der Waals surface area contributed by atoms with Crippen molar-refractivity contribution >= 4 is 5.91 Å². The van der Waals surface area contributed by atoms with Crippen molar-refractivity contribution in [1.82, 2.24) is 5.32 Å². The van der Waals surface area contributed by atoms with E-state index in [0.29, 0.717) is 0 Å². The van der Waals surface area contributed by atoms with E-state index in [0.717, 1.165) is 6.42 Å². The van der Waals surface area contributed by atoms with Gasteiger partial charge >= 0.3 is 0 Å². The molecule has 1 aromatic rings. The number of rotatable bonds is 5. The lowest BCUT2D eigenvalue weighted by atomic mass is 10.0. The second-order valence-electron chi connectivity index (χ2n) is 3.72. The number of nitrogens with two attached hydrogens (primary N) is 1. The molecule has 0 fully saturated rings. The second-order valence-corrected chi connectivity index (χ2v) is 3.72. The first-order valence-electron chi connectivity index (χ1n) is 5.21. The molecule has 0 aliphatic carbocycles. The number of hydrogen-bond donors (Lipinski definition) is 2. The predicted octanol–water partition coefficient (Wildman–Crippen LogP) is 1.52. The van der Waals surface area contributed by atoms with E-state index in [9.17, 15) is 4.79 Å². The highest BCUT2D eigenvalue weighted by Gasteiger charge is 2.08. The lowest BCUT2D eigenvalue weighted by Crippen LogP contribution is -2.31. The summed E-state index contributed by atoms with van der Waals surface area (Å²) in [6.45, 7) is 4.37. The molecule has 1 unspecified atom stereocenters. The van der Waals surface area contributed by atoms with Crippen molar-refractivity contribution in [2.24, 2.45) is 5.73 Å². The topological polar surface area (TPSA) is 55.1 Å². The minimum Gasteiger partial charge on any atom is -0.369 e. The van der Waals surface area contributed by atoms with Crippen molar-refractivity contribution in [1.29, 1.82) is 0 Å². The van der Waals surface area contributed by atoms with Crippen LogP contribution in [0.3, 0.4) is 0 Å². The van der Waals surface area contributed by atoms with Gasteiger partial charge in [0.05, 0.1) is 6.54 Å². The first kappa shape index (κ1) is 11.7. The Morgan fingerprint density at radius 1 is 1.40 bits per heavy atom. The van der Waals surface area contributed by atoms with Gasteiger partial charge in [-0.15, -0.1) is 0 Å². The van der Waals surface area contributed by atoms with Gasteiger partial charge in [0.15, 0.2) is 0 Å². The maximum Gasteiger partial charge on any atom is 0.231 e. The third-order valence-electron chi connectivity index (χ3n) is 2.41. The Balaban J connectivity index is 2.65. The van der Waals surface area contributed by atoms with Gasteiger partial charge in [-0.2, -0.15) is 0 Å². The van der Waals surface area contributed by atoms with Gasteiger partial charge in [-0.25, -0.2) is 0 Å². The summed E-state index contributed by atoms with van der Waals surface area (Å²) in [5.74, 6) is -0.319. The fraction of sp³-hybridized carbons (Fsp3) is 0.417. The molecular formula is C12H18N2O. The van der Waals surface area contributed by atoms with Gasteiger partial charge in [-0.05, 0) is 18.9 Å². The SMILES string of the molecule is CCC(NCC(N)=O)c1ccc(C)cc1. The average Bonchev–Trinajstić information content (AvgIpc) is 2.21. The fourth-order valence-electron chi connectivity index (χ4n) is 1.52. The van der Waals surface area contributed by atoms with E-state index in [-0.39, 0.29) is 18.5 Å². The fourth-order valence-corrected chi connectivity index (χ4v) is 1.52. The lowest BCUT2D eigenvalue weighted by Gasteiger charge is -2.16. The zero-order valence-electron chi connectivity index (χ0n) is 9.29. The molecule has 1 atom stereocenters. The molecule has 1 rings (SSSR count). The van der Waals surface area contributed by atoms with Crippen molar-refractivity contribution in [3.8, 4) is 0 Å². The summed E-state index contributed by atoms with van der Waals surface area (Å²) in [6.07, 6.45) is 0.941. The van der Waals surface area contributed by atoms with Crippen LogP contribution in [0.1, 0.15) is 30.5 Å². The monoisotopic (exact) mass is 206 g/mol. The lowest BCUT2D eigenvalue weighted by molar-refractivity contribution is -0.117. The highest BCUT2D eigenvalue weighted by atomic mass is 16.1. The number of hydrogen-bond acceptors (Lipinski definition) is 2. The summed E-state index contributed by atoms with van der Waals surface area (Å²) in [4.78, 5) is 10.7. The summed E-state index contributed by atoms with van der Waals surface area (Å²) in [5, 5.41) is 3.13. The smallest absolute Gasteiger partial charge is 0.231 e. The predicted molar refractivity (Wildman–Crippen MR) is 61.4 cm³/mol. The third-order valence-corrected chi connectivity index (χ3v) is 2.41. The van der Waals surface area contributed by atoms with E-state index in [2.05, 4.69) is 43.4 Å². The zero-order chi connectivity index (χ0) is 11.3. The van der Waals surface area contributed by atoms with Crippen LogP contribution < -0.4 is 11.1 Å². The van der Waals surface area contributed by atoms with Crippen LogP contribution in [0.2, 0.25) is 0 Å². The second kappa shape index (κ2) is 5.51. The molecule has 1 amide bonds. The van der Waals surface area contributed by atoms with Crippen molar-refractivity contribution < 1.29 is 4.79 Å². The van der Waals surface area contributed by atoms with E-state index >= 15 is 0 Å². The number of carbonyl (C=O) groups is 1. The maximum atomic E-state index is 10.7. The summed E-state index contributed by atoms with van der Waals surface area (Å²) in [6, 6.07) is 8.51. The van der Waals surface area contributed by atoms with E-state index in [1.165, 1.54) is 11.1 Å². The maximum absolute atomic E-state index is 10.7. The van der Waals surface area contributed by atoms with Crippen molar-refractivity contribution in [2.45, 2.75) is 26.3 Å². The first-order chi connectivity index (χ1) is 7.13. The highest BCUT2D eigenvalue weighted by Crippen LogP contribution is 2.16.